The van der Waals surface area contributed by atoms with E-state index in [0.29, 0.717) is 31.2 Å². The van der Waals surface area contributed by atoms with Gasteiger partial charge in [-0.25, -0.2) is 4.72 Å². The SMILES string of the molecule is CC(C)(C)[Si](OC1C2CCC2CC=CCCNS(=O)(=O)NC(=O)c2ccc3c(c2)N1CC1(CCCc2ccccc21)CO3)(c1ccccc1)c1ccccc1. The van der Waals surface area contributed by atoms with E-state index in [-0.39, 0.29) is 34.7 Å². The number of aryl methyl sites for hydroxylation is 1. The summed E-state index contributed by atoms with van der Waals surface area (Å²) >= 11 is 0. The predicted molar refractivity (Wildman–Crippen MR) is 222 cm³/mol. The molecule has 1 saturated carbocycles. The lowest BCUT2D eigenvalue weighted by Gasteiger charge is -2.54. The van der Waals surface area contributed by atoms with Crippen LogP contribution < -0.4 is 29.5 Å². The molecule has 2 heterocycles. The Hall–Kier alpha value is -4.22. The quantitative estimate of drug-likeness (QED) is 0.171. The summed E-state index contributed by atoms with van der Waals surface area (Å²) in [6.07, 6.45) is 10.4. The number of hydrogen-bond donors (Lipinski definition) is 2. The van der Waals surface area contributed by atoms with E-state index in [0.717, 1.165) is 44.2 Å². The molecule has 4 aliphatic rings. The highest BCUT2D eigenvalue weighted by molar-refractivity contribution is 7.88. The maximum atomic E-state index is 13.8. The van der Waals surface area contributed by atoms with Gasteiger partial charge < -0.3 is 14.1 Å². The zero-order valence-corrected chi connectivity index (χ0v) is 34.0. The number of ether oxygens (including phenoxy) is 1. The Kier molecular flexibility index (Phi) is 10.3. The van der Waals surface area contributed by atoms with Gasteiger partial charge in [0.05, 0.1) is 12.3 Å². The van der Waals surface area contributed by atoms with E-state index in [2.05, 4.69) is 132 Å². The minimum absolute atomic E-state index is 0.192. The van der Waals surface area contributed by atoms with E-state index < -0.39 is 24.4 Å². The smallest absolute Gasteiger partial charge is 0.301 e. The van der Waals surface area contributed by atoms with E-state index in [1.54, 1.807) is 6.07 Å². The highest BCUT2D eigenvalue weighted by Crippen LogP contribution is 2.51. The number of fused-ring (bicyclic) bond motifs is 4. The van der Waals surface area contributed by atoms with Gasteiger partial charge in [-0.15, -0.1) is 0 Å². The summed E-state index contributed by atoms with van der Waals surface area (Å²) in [5, 5.41) is 2.16. The normalized spacial score (nSPS) is 25.4. The molecule has 10 heteroatoms. The Balaban J connectivity index is 1.37. The summed E-state index contributed by atoms with van der Waals surface area (Å²) < 4.78 is 45.9. The molecule has 0 saturated heterocycles. The second-order valence-corrected chi connectivity index (χ2v) is 22.6. The van der Waals surface area contributed by atoms with Crippen molar-refractivity contribution in [1.29, 1.82) is 0 Å². The summed E-state index contributed by atoms with van der Waals surface area (Å²) in [7, 11) is -7.18. The molecular formula is C45H53N3O5SSi. The van der Waals surface area contributed by atoms with Crippen LogP contribution in [-0.2, 0) is 26.5 Å². The third-order valence-electron chi connectivity index (χ3n) is 12.5. The van der Waals surface area contributed by atoms with Crippen LogP contribution in [-0.4, -0.2) is 48.6 Å². The molecule has 0 radical (unpaired) electrons. The molecule has 2 aliphatic carbocycles. The zero-order chi connectivity index (χ0) is 38.3. The molecule has 2 bridgehead atoms. The number of anilines is 1. The van der Waals surface area contributed by atoms with Crippen LogP contribution in [0.5, 0.6) is 5.75 Å². The number of rotatable bonds is 4. The molecule has 8 rings (SSSR count). The largest absolute Gasteiger partial charge is 0.490 e. The molecule has 4 aromatic rings. The number of carbonyl (C=O) groups is 1. The van der Waals surface area contributed by atoms with Crippen LogP contribution >= 0.6 is 0 Å². The van der Waals surface area contributed by atoms with Crippen LogP contribution in [0.15, 0.2) is 115 Å². The van der Waals surface area contributed by atoms with E-state index in [4.69, 9.17) is 9.16 Å². The number of benzene rings is 4. The minimum atomic E-state index is -4.07. The van der Waals surface area contributed by atoms with Crippen LogP contribution in [0.3, 0.4) is 0 Å². The fourth-order valence-corrected chi connectivity index (χ4v) is 15.1. The van der Waals surface area contributed by atoms with Crippen LogP contribution in [0.4, 0.5) is 5.69 Å². The number of nitrogens with one attached hydrogen (secondary N) is 2. The Morgan fingerprint density at radius 3 is 2.29 bits per heavy atom. The Morgan fingerprint density at radius 2 is 1.60 bits per heavy atom. The van der Waals surface area contributed by atoms with Gasteiger partial charge >= 0.3 is 10.2 Å². The van der Waals surface area contributed by atoms with Gasteiger partial charge in [-0.2, -0.15) is 13.1 Å². The molecule has 288 valence electrons. The maximum absolute atomic E-state index is 13.8. The third-order valence-corrected chi connectivity index (χ3v) is 18.5. The molecule has 1 amide bonds. The summed E-state index contributed by atoms with van der Waals surface area (Å²) in [6, 6.07) is 35.8. The molecule has 4 unspecified atom stereocenters. The lowest BCUT2D eigenvalue weighted by atomic mass is 9.68. The third kappa shape index (κ3) is 7.18. The number of amides is 1. The van der Waals surface area contributed by atoms with Gasteiger partial charge in [0, 0.05) is 30.0 Å². The fourth-order valence-electron chi connectivity index (χ4n) is 9.63. The molecule has 4 atom stereocenters. The number of carbonyl (C=O) groups excluding carboxylic acids is 1. The zero-order valence-electron chi connectivity index (χ0n) is 32.2. The van der Waals surface area contributed by atoms with E-state index >= 15 is 0 Å². The average molecular weight is 776 g/mol. The monoisotopic (exact) mass is 775 g/mol. The molecule has 55 heavy (non-hydrogen) atoms. The van der Waals surface area contributed by atoms with E-state index in [9.17, 15) is 13.2 Å². The first-order valence-corrected chi connectivity index (χ1v) is 23.3. The van der Waals surface area contributed by atoms with Crippen molar-refractivity contribution in [2.75, 3.05) is 24.6 Å². The van der Waals surface area contributed by atoms with Gasteiger partial charge in [0.15, 0.2) is 0 Å². The molecule has 8 nitrogen and oxygen atoms in total. The van der Waals surface area contributed by atoms with Crippen LogP contribution in [0, 0.1) is 11.8 Å². The fraction of sp³-hybridized carbons (Fsp3) is 0.400. The van der Waals surface area contributed by atoms with Gasteiger partial charge in [0.25, 0.3) is 14.2 Å². The first-order valence-electron chi connectivity index (χ1n) is 19.9. The highest BCUT2D eigenvalue weighted by Gasteiger charge is 2.56. The molecular weight excluding hydrogens is 723 g/mol. The molecule has 1 spiro atoms. The second kappa shape index (κ2) is 15.0. The van der Waals surface area contributed by atoms with Crippen molar-refractivity contribution in [2.45, 2.75) is 82.4 Å². The molecule has 0 aromatic heterocycles. The summed E-state index contributed by atoms with van der Waals surface area (Å²) in [6.45, 7) is 8.28. The average Bonchev–Trinajstić information content (AvgIpc) is 3.32. The Morgan fingerprint density at radius 1 is 0.891 bits per heavy atom. The van der Waals surface area contributed by atoms with Crippen molar-refractivity contribution in [3.63, 3.8) is 0 Å². The summed E-state index contributed by atoms with van der Waals surface area (Å²) in [4.78, 5) is 16.2. The first-order chi connectivity index (χ1) is 26.5. The van der Waals surface area contributed by atoms with E-state index in [1.165, 1.54) is 21.5 Å². The van der Waals surface area contributed by atoms with Crippen LogP contribution in [0.25, 0.3) is 0 Å². The van der Waals surface area contributed by atoms with Crippen molar-refractivity contribution < 1.29 is 22.4 Å². The second-order valence-electron chi connectivity index (χ2n) is 16.9. The highest BCUT2D eigenvalue weighted by atomic mass is 32.2. The van der Waals surface area contributed by atoms with Gasteiger partial charge in [0.1, 0.15) is 12.0 Å². The molecule has 2 N–H and O–H groups in total. The first kappa shape index (κ1) is 37.7. The van der Waals surface area contributed by atoms with Crippen molar-refractivity contribution in [1.82, 2.24) is 9.44 Å². The van der Waals surface area contributed by atoms with E-state index in [1.807, 2.05) is 12.1 Å². The van der Waals surface area contributed by atoms with Gasteiger partial charge in [-0.3, -0.25) is 4.79 Å². The summed E-state index contributed by atoms with van der Waals surface area (Å²) in [5.74, 6) is 0.533. The van der Waals surface area contributed by atoms with Crippen molar-refractivity contribution in [2.24, 2.45) is 11.8 Å². The number of allylic oxidation sites excluding steroid dienone is 1. The van der Waals surface area contributed by atoms with Gasteiger partial charge in [0.2, 0.25) is 0 Å². The van der Waals surface area contributed by atoms with Crippen LogP contribution in [0.2, 0.25) is 5.04 Å². The number of nitrogens with zero attached hydrogens (tertiary/aromatic N) is 1. The standard InChI is InChI=1S/C45H53N3O5SSi/c1-44(2,3)55(36-19-8-4-9-20-36,37-21-10-5-11-22-37)53-43-38-26-24-33(38)16-7-6-14-29-46-54(50,51)47-42(49)35-25-27-41-40(30-35)48(43)31-45(32-52-41)28-15-18-34-17-12-13-23-39(34)45/h4-13,17,19-23,25,27,30,33,38,43,46H,14-16,18,24,26,28-29,31-32H2,1-3H3,(H,47,49). The van der Waals surface area contributed by atoms with Crippen LogP contribution in [0.1, 0.15) is 80.8 Å². The lowest BCUT2D eigenvalue weighted by molar-refractivity contribution is 0.0195. The topological polar surface area (TPSA) is 97.0 Å². The molecule has 1 fully saturated rings. The van der Waals surface area contributed by atoms with Crippen molar-refractivity contribution in [3.05, 3.63) is 132 Å². The molecule has 2 aliphatic heterocycles. The lowest BCUT2D eigenvalue weighted by Crippen LogP contribution is -2.70. The maximum Gasteiger partial charge on any atom is 0.301 e. The van der Waals surface area contributed by atoms with Crippen molar-refractivity contribution in [3.8, 4) is 5.75 Å². The number of hydrogen-bond acceptors (Lipinski definition) is 6. The van der Waals surface area contributed by atoms with Gasteiger partial charge in [-0.05, 0) is 95.6 Å². The summed E-state index contributed by atoms with van der Waals surface area (Å²) in [5.41, 5.74) is 3.34. The van der Waals surface area contributed by atoms with Crippen molar-refractivity contribution >= 4 is 40.5 Å². The Bertz CT molecular complexity index is 2120. The Labute approximate surface area is 327 Å². The predicted octanol–water partition coefficient (Wildman–Crippen LogP) is 7.00. The molecule has 4 aromatic carbocycles. The van der Waals surface area contributed by atoms with Gasteiger partial charge in [-0.1, -0.05) is 118 Å². The minimum Gasteiger partial charge on any atom is -0.490 e.